The summed E-state index contributed by atoms with van der Waals surface area (Å²) in [7, 11) is 0. The second-order valence-electron chi connectivity index (χ2n) is 7.45. The molecule has 0 aromatic carbocycles. The Balaban J connectivity index is 4.40. The van der Waals surface area contributed by atoms with E-state index in [9.17, 15) is 0 Å². The standard InChI is InChI=1S/C18H41N3/c1-9-20(10-2)13-12-14-21(11-3)17(16(4)5)15-19-18(6,7)8/h16-17,19H,9-15H2,1-8H3. The van der Waals surface area contributed by atoms with Gasteiger partial charge in [-0.05, 0) is 65.8 Å². The van der Waals surface area contributed by atoms with Gasteiger partial charge in [0.25, 0.3) is 0 Å². The van der Waals surface area contributed by atoms with Gasteiger partial charge in [0.15, 0.2) is 0 Å². The maximum absolute atomic E-state index is 3.69. The Morgan fingerprint density at radius 3 is 1.86 bits per heavy atom. The Morgan fingerprint density at radius 1 is 0.905 bits per heavy atom. The van der Waals surface area contributed by atoms with E-state index >= 15 is 0 Å². The van der Waals surface area contributed by atoms with Gasteiger partial charge < -0.3 is 10.2 Å². The molecule has 0 rings (SSSR count). The maximum Gasteiger partial charge on any atom is 0.0243 e. The predicted molar refractivity (Wildman–Crippen MR) is 96.0 cm³/mol. The van der Waals surface area contributed by atoms with E-state index in [2.05, 4.69) is 70.5 Å². The van der Waals surface area contributed by atoms with E-state index in [1.165, 1.54) is 32.6 Å². The van der Waals surface area contributed by atoms with Crippen LogP contribution in [0.2, 0.25) is 0 Å². The highest BCUT2D eigenvalue weighted by Gasteiger charge is 2.22. The monoisotopic (exact) mass is 299 g/mol. The smallest absolute Gasteiger partial charge is 0.0243 e. The fourth-order valence-electron chi connectivity index (χ4n) is 2.79. The fourth-order valence-corrected chi connectivity index (χ4v) is 2.79. The van der Waals surface area contributed by atoms with Crippen LogP contribution in [0.15, 0.2) is 0 Å². The Morgan fingerprint density at radius 2 is 1.48 bits per heavy atom. The van der Waals surface area contributed by atoms with Gasteiger partial charge in [-0.1, -0.05) is 34.6 Å². The second kappa shape index (κ2) is 10.6. The van der Waals surface area contributed by atoms with Gasteiger partial charge in [-0.2, -0.15) is 0 Å². The van der Waals surface area contributed by atoms with Crippen LogP contribution in [0.5, 0.6) is 0 Å². The molecule has 3 heteroatoms. The molecule has 0 saturated carbocycles. The molecule has 0 radical (unpaired) electrons. The maximum atomic E-state index is 3.69. The lowest BCUT2D eigenvalue weighted by atomic mass is 10.00. The molecule has 1 unspecified atom stereocenters. The third-order valence-electron chi connectivity index (χ3n) is 4.30. The van der Waals surface area contributed by atoms with Crippen molar-refractivity contribution >= 4 is 0 Å². The molecule has 0 aliphatic heterocycles. The molecule has 0 aromatic rings. The first-order valence-electron chi connectivity index (χ1n) is 8.96. The van der Waals surface area contributed by atoms with Gasteiger partial charge in [0.1, 0.15) is 0 Å². The molecule has 0 aliphatic carbocycles. The molecule has 128 valence electrons. The van der Waals surface area contributed by atoms with Crippen molar-refractivity contribution in [3.05, 3.63) is 0 Å². The van der Waals surface area contributed by atoms with Crippen molar-refractivity contribution in [3.63, 3.8) is 0 Å². The molecule has 0 amide bonds. The minimum atomic E-state index is 0.202. The molecule has 0 aromatic heterocycles. The number of likely N-dealkylation sites (N-methyl/N-ethyl adjacent to an activating group) is 1. The van der Waals surface area contributed by atoms with E-state index in [4.69, 9.17) is 0 Å². The van der Waals surface area contributed by atoms with Crippen LogP contribution in [-0.2, 0) is 0 Å². The molecular weight excluding hydrogens is 258 g/mol. The molecule has 0 aliphatic rings. The zero-order valence-corrected chi connectivity index (χ0v) is 16.0. The van der Waals surface area contributed by atoms with Crippen LogP contribution in [0, 0.1) is 5.92 Å². The molecule has 0 fully saturated rings. The highest BCUT2D eigenvalue weighted by Crippen LogP contribution is 2.12. The minimum absolute atomic E-state index is 0.202. The van der Waals surface area contributed by atoms with E-state index in [1.807, 2.05) is 0 Å². The first-order chi connectivity index (χ1) is 9.75. The summed E-state index contributed by atoms with van der Waals surface area (Å²) in [5, 5.41) is 3.69. The Bertz CT molecular complexity index is 241. The van der Waals surface area contributed by atoms with Gasteiger partial charge in [-0.25, -0.2) is 0 Å². The van der Waals surface area contributed by atoms with Crippen molar-refractivity contribution in [1.82, 2.24) is 15.1 Å². The first kappa shape index (κ1) is 20.9. The lowest BCUT2D eigenvalue weighted by Crippen LogP contribution is -2.50. The van der Waals surface area contributed by atoms with Crippen molar-refractivity contribution in [1.29, 1.82) is 0 Å². The second-order valence-corrected chi connectivity index (χ2v) is 7.45. The summed E-state index contributed by atoms with van der Waals surface area (Å²) in [5.41, 5.74) is 0.202. The first-order valence-corrected chi connectivity index (χ1v) is 8.96. The summed E-state index contributed by atoms with van der Waals surface area (Å²) in [4.78, 5) is 5.18. The quantitative estimate of drug-likeness (QED) is 0.630. The lowest BCUT2D eigenvalue weighted by molar-refractivity contribution is 0.142. The number of hydrogen-bond acceptors (Lipinski definition) is 3. The van der Waals surface area contributed by atoms with Gasteiger partial charge in [-0.3, -0.25) is 4.90 Å². The van der Waals surface area contributed by atoms with Crippen LogP contribution in [0.4, 0.5) is 0 Å². The highest BCUT2D eigenvalue weighted by molar-refractivity contribution is 4.81. The highest BCUT2D eigenvalue weighted by atomic mass is 15.2. The van der Waals surface area contributed by atoms with Gasteiger partial charge in [0.2, 0.25) is 0 Å². The summed E-state index contributed by atoms with van der Waals surface area (Å²) < 4.78 is 0. The van der Waals surface area contributed by atoms with Crippen molar-refractivity contribution in [2.24, 2.45) is 5.92 Å². The van der Waals surface area contributed by atoms with Crippen LogP contribution in [0.1, 0.15) is 61.8 Å². The summed E-state index contributed by atoms with van der Waals surface area (Å²) >= 11 is 0. The normalized spacial score (nSPS) is 14.4. The molecule has 0 bridgehead atoms. The summed E-state index contributed by atoms with van der Waals surface area (Å²) in [6.07, 6.45) is 1.27. The van der Waals surface area contributed by atoms with Crippen LogP contribution in [-0.4, -0.2) is 60.6 Å². The van der Waals surface area contributed by atoms with Crippen molar-refractivity contribution in [2.45, 2.75) is 73.4 Å². The average Bonchev–Trinajstić information content (AvgIpc) is 2.39. The van der Waals surface area contributed by atoms with Crippen LogP contribution in [0.25, 0.3) is 0 Å². The van der Waals surface area contributed by atoms with E-state index < -0.39 is 0 Å². The van der Waals surface area contributed by atoms with Crippen LogP contribution >= 0.6 is 0 Å². The third-order valence-corrected chi connectivity index (χ3v) is 4.30. The van der Waals surface area contributed by atoms with Crippen molar-refractivity contribution in [3.8, 4) is 0 Å². The Hall–Kier alpha value is -0.120. The van der Waals surface area contributed by atoms with Crippen molar-refractivity contribution in [2.75, 3.05) is 39.3 Å². The summed E-state index contributed by atoms with van der Waals surface area (Å²) in [6.45, 7) is 25.3. The van der Waals surface area contributed by atoms with Crippen LogP contribution in [0.3, 0.4) is 0 Å². The Labute approximate surface area is 134 Å². The molecule has 1 N–H and O–H groups in total. The van der Waals surface area contributed by atoms with E-state index in [-0.39, 0.29) is 5.54 Å². The fraction of sp³-hybridized carbons (Fsp3) is 1.00. The van der Waals surface area contributed by atoms with E-state index in [1.54, 1.807) is 0 Å². The minimum Gasteiger partial charge on any atom is -0.311 e. The topological polar surface area (TPSA) is 18.5 Å². The molecule has 1 atom stereocenters. The molecule has 0 heterocycles. The molecule has 3 nitrogen and oxygen atoms in total. The third kappa shape index (κ3) is 9.49. The van der Waals surface area contributed by atoms with E-state index in [0.29, 0.717) is 12.0 Å². The summed E-state index contributed by atoms with van der Waals surface area (Å²) in [5.74, 6) is 0.688. The van der Waals surface area contributed by atoms with Gasteiger partial charge in [0, 0.05) is 18.1 Å². The summed E-state index contributed by atoms with van der Waals surface area (Å²) in [6, 6.07) is 0.630. The number of nitrogens with zero attached hydrogens (tertiary/aromatic N) is 2. The molecule has 0 spiro atoms. The SMILES string of the molecule is CCN(CC)CCCN(CC)C(CNC(C)(C)C)C(C)C. The predicted octanol–water partition coefficient (Wildman–Crippen LogP) is 3.45. The number of rotatable bonds is 11. The van der Waals surface area contributed by atoms with Gasteiger partial charge in [0.05, 0.1) is 0 Å². The molecule has 0 saturated heterocycles. The number of hydrogen-bond donors (Lipinski definition) is 1. The Kier molecular flexibility index (Phi) is 10.5. The lowest BCUT2D eigenvalue weighted by Gasteiger charge is -2.36. The van der Waals surface area contributed by atoms with Crippen molar-refractivity contribution < 1.29 is 0 Å². The average molecular weight is 300 g/mol. The zero-order chi connectivity index (χ0) is 16.5. The van der Waals surface area contributed by atoms with E-state index in [0.717, 1.165) is 13.1 Å². The zero-order valence-electron chi connectivity index (χ0n) is 16.0. The molecule has 21 heavy (non-hydrogen) atoms. The van der Waals surface area contributed by atoms with Gasteiger partial charge >= 0.3 is 0 Å². The van der Waals surface area contributed by atoms with Crippen LogP contribution < -0.4 is 5.32 Å². The largest absolute Gasteiger partial charge is 0.311 e. The van der Waals surface area contributed by atoms with Gasteiger partial charge in [-0.15, -0.1) is 0 Å². The number of nitrogens with one attached hydrogen (secondary N) is 1. The molecular formula is C18H41N3.